The molecule has 2 aliphatic rings. The van der Waals surface area contributed by atoms with Crippen molar-refractivity contribution in [2.24, 2.45) is 0 Å². The molecule has 1 amide bonds. The van der Waals surface area contributed by atoms with Crippen LogP contribution in [-0.4, -0.2) is 62.6 Å². The number of sulfone groups is 1. The largest absolute Gasteiger partial charge is 0.377 e. The lowest BCUT2D eigenvalue weighted by atomic mass is 10.1. The summed E-state index contributed by atoms with van der Waals surface area (Å²) < 4.78 is 29.4. The van der Waals surface area contributed by atoms with Crippen molar-refractivity contribution in [2.75, 3.05) is 36.5 Å². The highest BCUT2D eigenvalue weighted by Gasteiger charge is 2.34. The average Bonchev–Trinajstić information content (AvgIpc) is 3.19. The third-order valence-corrected chi connectivity index (χ3v) is 7.23. The first kappa shape index (κ1) is 19.9. The summed E-state index contributed by atoms with van der Waals surface area (Å²) in [6.45, 7) is 1.40. The molecule has 2 aliphatic heterocycles. The summed E-state index contributed by atoms with van der Waals surface area (Å²) in [5.74, 6) is 0.0547. The Morgan fingerprint density at radius 2 is 2.08 bits per heavy atom. The average molecular weight is 421 g/mol. The monoisotopic (exact) mass is 420 g/mol. The Kier molecular flexibility index (Phi) is 6.45. The molecule has 2 atom stereocenters. The number of halogens is 2. The Morgan fingerprint density at radius 3 is 2.69 bits per heavy atom. The highest BCUT2D eigenvalue weighted by Crippen LogP contribution is 2.25. The van der Waals surface area contributed by atoms with Crippen LogP contribution < -0.4 is 5.32 Å². The summed E-state index contributed by atoms with van der Waals surface area (Å²) in [5.41, 5.74) is 0.556. The number of hydrogen-bond donors (Lipinski definition) is 1. The van der Waals surface area contributed by atoms with Gasteiger partial charge in [0.2, 0.25) is 5.91 Å². The van der Waals surface area contributed by atoms with E-state index in [9.17, 15) is 13.2 Å². The van der Waals surface area contributed by atoms with Crippen molar-refractivity contribution in [1.82, 2.24) is 4.90 Å². The number of anilines is 1. The number of amides is 1. The standard InChI is InChI=1S/C17H22Cl2N2O4S/c18-15-4-3-12(8-16(15)19)20-17(22)10-21(9-14-2-1-6-25-14)13-5-7-26(23,24)11-13/h3-4,8,13-14H,1-2,5-7,9-11H2,(H,20,22). The van der Waals surface area contributed by atoms with Crippen LogP contribution in [0.15, 0.2) is 18.2 Å². The van der Waals surface area contributed by atoms with Gasteiger partial charge in [0.25, 0.3) is 0 Å². The Hall–Kier alpha value is -0.860. The van der Waals surface area contributed by atoms with Gasteiger partial charge in [-0.1, -0.05) is 23.2 Å². The number of carbonyl (C=O) groups is 1. The van der Waals surface area contributed by atoms with Crippen molar-refractivity contribution in [1.29, 1.82) is 0 Å². The smallest absolute Gasteiger partial charge is 0.238 e. The number of hydrogen-bond acceptors (Lipinski definition) is 5. The zero-order chi connectivity index (χ0) is 18.7. The molecular weight excluding hydrogens is 399 g/mol. The van der Waals surface area contributed by atoms with Gasteiger partial charge in [-0.2, -0.15) is 0 Å². The van der Waals surface area contributed by atoms with Crippen LogP contribution in [0.5, 0.6) is 0 Å². The lowest BCUT2D eigenvalue weighted by Gasteiger charge is -2.29. The maximum absolute atomic E-state index is 12.5. The highest BCUT2D eigenvalue weighted by atomic mass is 35.5. The minimum absolute atomic E-state index is 0.0519. The van der Waals surface area contributed by atoms with E-state index in [-0.39, 0.29) is 36.1 Å². The molecule has 9 heteroatoms. The van der Waals surface area contributed by atoms with Crippen molar-refractivity contribution in [3.63, 3.8) is 0 Å². The second-order valence-corrected chi connectivity index (χ2v) is 9.84. The van der Waals surface area contributed by atoms with E-state index in [2.05, 4.69) is 5.32 Å². The summed E-state index contributed by atoms with van der Waals surface area (Å²) in [6.07, 6.45) is 2.53. The lowest BCUT2D eigenvalue weighted by molar-refractivity contribution is -0.118. The zero-order valence-electron chi connectivity index (χ0n) is 14.3. The Morgan fingerprint density at radius 1 is 1.27 bits per heavy atom. The molecule has 26 heavy (non-hydrogen) atoms. The van der Waals surface area contributed by atoms with Gasteiger partial charge >= 0.3 is 0 Å². The van der Waals surface area contributed by atoms with Crippen molar-refractivity contribution in [3.8, 4) is 0 Å². The number of carbonyl (C=O) groups excluding carboxylic acids is 1. The van der Waals surface area contributed by atoms with E-state index in [1.165, 1.54) is 0 Å². The number of benzene rings is 1. The van der Waals surface area contributed by atoms with E-state index in [4.69, 9.17) is 27.9 Å². The van der Waals surface area contributed by atoms with E-state index in [0.29, 0.717) is 28.7 Å². The molecule has 0 saturated carbocycles. The van der Waals surface area contributed by atoms with Gasteiger partial charge in [0.15, 0.2) is 9.84 Å². The first-order valence-corrected chi connectivity index (χ1v) is 11.2. The highest BCUT2D eigenvalue weighted by molar-refractivity contribution is 7.91. The van der Waals surface area contributed by atoms with E-state index < -0.39 is 9.84 Å². The molecule has 1 N–H and O–H groups in total. The van der Waals surface area contributed by atoms with Crippen molar-refractivity contribution >= 4 is 44.6 Å². The van der Waals surface area contributed by atoms with Crippen LogP contribution in [0.4, 0.5) is 5.69 Å². The molecular formula is C17H22Cl2N2O4S. The molecule has 2 heterocycles. The molecule has 0 aromatic heterocycles. The third-order valence-electron chi connectivity index (χ3n) is 4.74. The molecule has 0 bridgehead atoms. The second kappa shape index (κ2) is 8.44. The summed E-state index contributed by atoms with van der Waals surface area (Å²) >= 11 is 11.9. The fourth-order valence-corrected chi connectivity index (χ4v) is 5.47. The van der Waals surface area contributed by atoms with E-state index in [0.717, 1.165) is 19.4 Å². The van der Waals surface area contributed by atoms with E-state index in [1.54, 1.807) is 18.2 Å². The minimum Gasteiger partial charge on any atom is -0.377 e. The van der Waals surface area contributed by atoms with Crippen molar-refractivity contribution in [3.05, 3.63) is 28.2 Å². The predicted octanol–water partition coefficient (Wildman–Crippen LogP) is 2.60. The third kappa shape index (κ3) is 5.33. The second-order valence-electron chi connectivity index (χ2n) is 6.80. The Balaban J connectivity index is 1.65. The number of rotatable bonds is 6. The van der Waals surface area contributed by atoms with Crippen LogP contribution in [-0.2, 0) is 19.4 Å². The molecule has 0 radical (unpaired) electrons. The molecule has 0 spiro atoms. The van der Waals surface area contributed by atoms with Crippen LogP contribution >= 0.6 is 23.2 Å². The Labute approximate surface area is 163 Å². The summed E-state index contributed by atoms with van der Waals surface area (Å²) in [4.78, 5) is 14.4. The first-order chi connectivity index (χ1) is 12.3. The number of ether oxygens (including phenoxy) is 1. The number of nitrogens with one attached hydrogen (secondary N) is 1. The molecule has 3 rings (SSSR count). The minimum atomic E-state index is -3.03. The SMILES string of the molecule is O=C(CN(CC1CCCO1)C1CCS(=O)(=O)C1)Nc1ccc(Cl)c(Cl)c1. The van der Waals surface area contributed by atoms with Gasteiger partial charge in [-0.05, 0) is 37.5 Å². The fraction of sp³-hybridized carbons (Fsp3) is 0.588. The first-order valence-electron chi connectivity index (χ1n) is 8.63. The molecule has 0 aliphatic carbocycles. The van der Waals surface area contributed by atoms with Crippen molar-refractivity contribution in [2.45, 2.75) is 31.4 Å². The quantitative estimate of drug-likeness (QED) is 0.764. The molecule has 144 valence electrons. The van der Waals surface area contributed by atoms with Crippen LogP contribution in [0.3, 0.4) is 0 Å². The van der Waals surface area contributed by atoms with Crippen LogP contribution in [0.25, 0.3) is 0 Å². The lowest BCUT2D eigenvalue weighted by Crippen LogP contribution is -2.45. The molecule has 2 unspecified atom stereocenters. The van der Waals surface area contributed by atoms with Crippen LogP contribution in [0.1, 0.15) is 19.3 Å². The van der Waals surface area contributed by atoms with Gasteiger partial charge in [-0.25, -0.2) is 8.42 Å². The molecule has 1 aromatic carbocycles. The molecule has 1 aromatic rings. The molecule has 2 fully saturated rings. The van der Waals surface area contributed by atoms with Crippen molar-refractivity contribution < 1.29 is 17.9 Å². The normalized spacial score (nSPS) is 24.9. The van der Waals surface area contributed by atoms with Gasteiger partial charge in [0, 0.05) is 24.9 Å². The van der Waals surface area contributed by atoms with Gasteiger partial charge in [0.1, 0.15) is 0 Å². The molecule has 6 nitrogen and oxygen atoms in total. The van der Waals surface area contributed by atoms with Gasteiger partial charge in [-0.3, -0.25) is 9.69 Å². The predicted molar refractivity (Wildman–Crippen MR) is 103 cm³/mol. The summed E-state index contributed by atoms with van der Waals surface area (Å²) in [6, 6.07) is 4.74. The number of nitrogens with zero attached hydrogens (tertiary/aromatic N) is 1. The maximum atomic E-state index is 12.5. The van der Waals surface area contributed by atoms with Gasteiger partial charge in [-0.15, -0.1) is 0 Å². The van der Waals surface area contributed by atoms with Crippen LogP contribution in [0, 0.1) is 0 Å². The van der Waals surface area contributed by atoms with Gasteiger partial charge in [0.05, 0.1) is 34.2 Å². The Bertz CT molecular complexity index is 766. The summed E-state index contributed by atoms with van der Waals surface area (Å²) in [5, 5.41) is 3.58. The zero-order valence-corrected chi connectivity index (χ0v) is 16.6. The van der Waals surface area contributed by atoms with E-state index in [1.807, 2.05) is 4.90 Å². The summed E-state index contributed by atoms with van der Waals surface area (Å²) in [7, 11) is -3.03. The maximum Gasteiger partial charge on any atom is 0.238 e. The topological polar surface area (TPSA) is 75.7 Å². The van der Waals surface area contributed by atoms with Crippen LogP contribution in [0.2, 0.25) is 10.0 Å². The van der Waals surface area contributed by atoms with Gasteiger partial charge < -0.3 is 10.1 Å². The van der Waals surface area contributed by atoms with E-state index >= 15 is 0 Å². The molecule has 2 saturated heterocycles. The fourth-order valence-electron chi connectivity index (χ4n) is 3.41.